The Kier molecular flexibility index (Phi) is 5.09. The summed E-state index contributed by atoms with van der Waals surface area (Å²) in [5.41, 5.74) is 0.899. The molecule has 0 aliphatic heterocycles. The summed E-state index contributed by atoms with van der Waals surface area (Å²) in [6.07, 6.45) is 3.82. The lowest BCUT2D eigenvalue weighted by atomic mass is 10.1. The predicted molar refractivity (Wildman–Crippen MR) is 53.2 cm³/mol. The molecule has 0 radical (unpaired) electrons. The number of methoxy groups -OCH3 is 1. The average Bonchev–Trinajstić information content (AvgIpc) is 2.03. The fraction of sp³-hybridized carbons (Fsp3) is 0.500. The molecule has 0 bridgehead atoms. The van der Waals surface area contributed by atoms with Crippen LogP contribution in [-0.4, -0.2) is 13.8 Å². The van der Waals surface area contributed by atoms with Gasteiger partial charge in [-0.2, -0.15) is 0 Å². The van der Waals surface area contributed by atoms with E-state index in [1.807, 2.05) is 19.1 Å². The van der Waals surface area contributed by atoms with Crippen LogP contribution >= 0.6 is 0 Å². The topological polar surface area (TPSA) is 21.6 Å². The van der Waals surface area contributed by atoms with Crippen LogP contribution < -0.4 is 0 Å². The van der Waals surface area contributed by atoms with Crippen LogP contribution in [0, 0.1) is 5.92 Å². The predicted octanol–water partition coefficient (Wildman–Crippen LogP) is 2.78. The summed E-state index contributed by atoms with van der Waals surface area (Å²) in [6, 6.07) is 0. The Labute approximate surface area is 74.7 Å². The second-order valence-corrected chi connectivity index (χ2v) is 2.77. The van der Waals surface area contributed by atoms with Crippen molar-refractivity contribution in [3.8, 4) is 0 Å². The van der Waals surface area contributed by atoms with E-state index in [0.717, 1.165) is 11.5 Å². The third kappa shape index (κ3) is 2.91. The summed E-state index contributed by atoms with van der Waals surface area (Å²) in [7, 11) is 1.64. The molecule has 0 aliphatic rings. The van der Waals surface area contributed by atoms with Gasteiger partial charge in [0.25, 0.3) is 0 Å². The van der Waals surface area contributed by atoms with Gasteiger partial charge < -0.3 is 4.74 Å². The van der Waals surface area contributed by atoms with Gasteiger partial charge >= 0.3 is 0 Å². The molecule has 0 aliphatic carbocycles. The first-order valence-electron chi connectivity index (χ1n) is 4.04. The van der Waals surface area contributed by atoms with E-state index in [2.05, 4.69) is 25.6 Å². The van der Waals surface area contributed by atoms with E-state index >= 15 is 0 Å². The van der Waals surface area contributed by atoms with Gasteiger partial charge in [0.1, 0.15) is 5.76 Å². The van der Waals surface area contributed by atoms with Gasteiger partial charge in [-0.05, 0) is 25.6 Å². The molecule has 0 rings (SSSR count). The minimum absolute atomic E-state index is 0.341. The number of nitrogens with zero attached hydrogens (tertiary/aromatic N) is 1. The highest BCUT2D eigenvalue weighted by atomic mass is 16.5. The first kappa shape index (κ1) is 11.0. The molecule has 0 spiro atoms. The quantitative estimate of drug-likeness (QED) is 0.358. The maximum Gasteiger partial charge on any atom is 0.140 e. The van der Waals surface area contributed by atoms with E-state index in [1.54, 1.807) is 7.11 Å². The van der Waals surface area contributed by atoms with Gasteiger partial charge in [-0.25, -0.2) is 0 Å². The number of rotatable bonds is 4. The SMILES string of the molecule is C=N/C(=C(\C=C/C)OC)C(C)C. The molecule has 0 heterocycles. The number of allylic oxidation sites excluding steroid dienone is 3. The summed E-state index contributed by atoms with van der Waals surface area (Å²) in [5, 5.41) is 0. The van der Waals surface area contributed by atoms with Gasteiger partial charge in [-0.15, -0.1) is 0 Å². The van der Waals surface area contributed by atoms with Gasteiger partial charge in [-0.1, -0.05) is 19.9 Å². The zero-order valence-electron chi connectivity index (χ0n) is 8.29. The zero-order valence-corrected chi connectivity index (χ0v) is 8.29. The van der Waals surface area contributed by atoms with Gasteiger partial charge in [0.05, 0.1) is 12.8 Å². The van der Waals surface area contributed by atoms with Crippen LogP contribution in [0.25, 0.3) is 0 Å². The fourth-order valence-electron chi connectivity index (χ4n) is 0.954. The molecule has 0 aromatic carbocycles. The molecular formula is C10H17NO. The molecule has 0 N–H and O–H groups in total. The Morgan fingerprint density at radius 1 is 1.50 bits per heavy atom. The molecule has 68 valence electrons. The highest BCUT2D eigenvalue weighted by Crippen LogP contribution is 2.17. The van der Waals surface area contributed by atoms with Gasteiger partial charge in [0, 0.05) is 0 Å². The van der Waals surface area contributed by atoms with Crippen molar-refractivity contribution in [2.75, 3.05) is 7.11 Å². The highest BCUT2D eigenvalue weighted by molar-refractivity contribution is 5.32. The first-order chi connectivity index (χ1) is 5.67. The summed E-state index contributed by atoms with van der Waals surface area (Å²) < 4.78 is 5.16. The second kappa shape index (κ2) is 5.58. The van der Waals surface area contributed by atoms with Crippen molar-refractivity contribution in [1.29, 1.82) is 0 Å². The number of hydrogen-bond donors (Lipinski definition) is 0. The third-order valence-electron chi connectivity index (χ3n) is 1.51. The summed E-state index contributed by atoms with van der Waals surface area (Å²) in [5.74, 6) is 1.14. The van der Waals surface area contributed by atoms with Gasteiger partial charge in [0.2, 0.25) is 0 Å². The summed E-state index contributed by atoms with van der Waals surface area (Å²) >= 11 is 0. The minimum Gasteiger partial charge on any atom is -0.495 e. The van der Waals surface area contributed by atoms with E-state index in [9.17, 15) is 0 Å². The Morgan fingerprint density at radius 3 is 2.33 bits per heavy atom. The van der Waals surface area contributed by atoms with E-state index in [0.29, 0.717) is 5.92 Å². The second-order valence-electron chi connectivity index (χ2n) is 2.77. The Morgan fingerprint density at radius 2 is 2.08 bits per heavy atom. The lowest BCUT2D eigenvalue weighted by Gasteiger charge is -2.09. The first-order valence-corrected chi connectivity index (χ1v) is 4.04. The van der Waals surface area contributed by atoms with E-state index in [4.69, 9.17) is 4.74 Å². The molecular weight excluding hydrogens is 150 g/mol. The zero-order chi connectivity index (χ0) is 9.56. The standard InChI is InChI=1S/C10H17NO/c1-6-7-9(12-5)10(11-4)8(2)3/h6-8H,4H2,1-3,5H3/b7-6-,10-9+. The van der Waals surface area contributed by atoms with Crippen LogP contribution in [0.4, 0.5) is 0 Å². The lowest BCUT2D eigenvalue weighted by molar-refractivity contribution is 0.297. The molecule has 12 heavy (non-hydrogen) atoms. The summed E-state index contributed by atoms with van der Waals surface area (Å²) in [6.45, 7) is 9.58. The van der Waals surface area contributed by atoms with Crippen molar-refractivity contribution >= 4 is 6.72 Å². The third-order valence-corrected chi connectivity index (χ3v) is 1.51. The Hall–Kier alpha value is -1.05. The monoisotopic (exact) mass is 167 g/mol. The molecule has 0 saturated carbocycles. The molecule has 0 amide bonds. The van der Waals surface area contributed by atoms with Gasteiger partial charge in [0.15, 0.2) is 0 Å². The van der Waals surface area contributed by atoms with Crippen LogP contribution in [0.5, 0.6) is 0 Å². The normalized spacial score (nSPS) is 13.4. The van der Waals surface area contributed by atoms with Crippen LogP contribution in [0.3, 0.4) is 0 Å². The van der Waals surface area contributed by atoms with Crippen molar-refractivity contribution in [3.63, 3.8) is 0 Å². The average molecular weight is 167 g/mol. The van der Waals surface area contributed by atoms with E-state index < -0.39 is 0 Å². The van der Waals surface area contributed by atoms with Crippen LogP contribution in [0.1, 0.15) is 20.8 Å². The van der Waals surface area contributed by atoms with Gasteiger partial charge in [-0.3, -0.25) is 4.99 Å². The molecule has 0 aromatic heterocycles. The molecule has 2 heteroatoms. The molecule has 0 unspecified atom stereocenters. The number of aliphatic imine (C=N–C) groups is 1. The number of ether oxygens (including phenoxy) is 1. The molecule has 2 nitrogen and oxygen atoms in total. The largest absolute Gasteiger partial charge is 0.495 e. The fourth-order valence-corrected chi connectivity index (χ4v) is 0.954. The minimum atomic E-state index is 0.341. The van der Waals surface area contributed by atoms with Crippen LogP contribution in [-0.2, 0) is 4.74 Å². The number of hydrogen-bond acceptors (Lipinski definition) is 2. The van der Waals surface area contributed by atoms with E-state index in [1.165, 1.54) is 0 Å². The van der Waals surface area contributed by atoms with Crippen LogP contribution in [0.15, 0.2) is 28.6 Å². The van der Waals surface area contributed by atoms with Crippen molar-refractivity contribution in [2.45, 2.75) is 20.8 Å². The van der Waals surface area contributed by atoms with Crippen molar-refractivity contribution < 1.29 is 4.74 Å². The lowest BCUT2D eigenvalue weighted by Crippen LogP contribution is -1.97. The van der Waals surface area contributed by atoms with Crippen LogP contribution in [0.2, 0.25) is 0 Å². The van der Waals surface area contributed by atoms with Crippen molar-refractivity contribution in [3.05, 3.63) is 23.6 Å². The maximum absolute atomic E-state index is 5.16. The van der Waals surface area contributed by atoms with E-state index in [-0.39, 0.29) is 0 Å². The Balaban J connectivity index is 4.86. The highest BCUT2D eigenvalue weighted by Gasteiger charge is 2.06. The van der Waals surface area contributed by atoms with Crippen molar-refractivity contribution in [2.24, 2.45) is 10.9 Å². The molecule has 0 atom stereocenters. The summed E-state index contributed by atoms with van der Waals surface area (Å²) in [4.78, 5) is 3.93. The van der Waals surface area contributed by atoms with Crippen molar-refractivity contribution in [1.82, 2.24) is 0 Å². The molecule has 0 saturated heterocycles. The molecule has 0 aromatic rings. The smallest absolute Gasteiger partial charge is 0.140 e. The molecule has 0 fully saturated rings. The maximum atomic E-state index is 5.16. The Bertz CT molecular complexity index is 202.